The lowest BCUT2D eigenvalue weighted by Gasteiger charge is -2.37. The van der Waals surface area contributed by atoms with Gasteiger partial charge in [-0.3, -0.25) is 9.67 Å². The predicted molar refractivity (Wildman–Crippen MR) is 128 cm³/mol. The SMILES string of the molecule is CC(C)(C)OC(=O)N1CCN(c2cccnc2-c2cn([C@H]3C[C@H](CN)C3)nc2C2CC2)CC1. The van der Waals surface area contributed by atoms with Crippen LogP contribution in [0.1, 0.15) is 64.1 Å². The number of hydrogen-bond acceptors (Lipinski definition) is 6. The molecule has 2 saturated carbocycles. The summed E-state index contributed by atoms with van der Waals surface area (Å²) in [6, 6.07) is 4.60. The number of rotatable bonds is 5. The zero-order chi connectivity index (χ0) is 23.2. The summed E-state index contributed by atoms with van der Waals surface area (Å²) in [5.41, 5.74) is 9.85. The zero-order valence-corrected chi connectivity index (χ0v) is 20.0. The van der Waals surface area contributed by atoms with Gasteiger partial charge in [0.25, 0.3) is 0 Å². The molecule has 33 heavy (non-hydrogen) atoms. The minimum atomic E-state index is -0.477. The van der Waals surface area contributed by atoms with E-state index in [0.717, 1.165) is 43.9 Å². The molecule has 5 rings (SSSR count). The first-order valence-electron chi connectivity index (χ1n) is 12.3. The standard InChI is InChI=1S/C25H36N6O2/c1-25(2,3)33-24(32)30-11-9-29(10-12-30)21-5-4-8-27-23(21)20-16-31(19-13-17(14-19)15-26)28-22(20)18-6-7-18/h4-5,8,16-19H,6-7,9-15,26H2,1-3H3/t17-,19-. The van der Waals surface area contributed by atoms with E-state index in [1.165, 1.54) is 24.1 Å². The topological polar surface area (TPSA) is 89.5 Å². The minimum Gasteiger partial charge on any atom is -0.444 e. The second kappa shape index (κ2) is 8.63. The molecule has 3 fully saturated rings. The van der Waals surface area contributed by atoms with Crippen LogP contribution in [0, 0.1) is 5.92 Å². The summed E-state index contributed by atoms with van der Waals surface area (Å²) in [6.07, 6.45) is 8.49. The van der Waals surface area contributed by atoms with Crippen LogP contribution in [-0.4, -0.2) is 64.1 Å². The van der Waals surface area contributed by atoms with Gasteiger partial charge >= 0.3 is 6.09 Å². The Morgan fingerprint density at radius 2 is 1.91 bits per heavy atom. The maximum absolute atomic E-state index is 12.5. The molecule has 178 valence electrons. The number of piperazine rings is 1. The van der Waals surface area contributed by atoms with Crippen molar-refractivity contribution in [2.24, 2.45) is 11.7 Å². The molecule has 1 amide bonds. The third kappa shape index (κ3) is 4.71. The fraction of sp³-hybridized carbons (Fsp3) is 0.640. The number of pyridine rings is 1. The van der Waals surface area contributed by atoms with E-state index in [9.17, 15) is 4.79 Å². The van der Waals surface area contributed by atoms with Crippen LogP contribution in [0.25, 0.3) is 11.3 Å². The monoisotopic (exact) mass is 452 g/mol. The van der Waals surface area contributed by atoms with E-state index in [4.69, 9.17) is 20.6 Å². The van der Waals surface area contributed by atoms with Gasteiger partial charge in [0.2, 0.25) is 0 Å². The third-order valence-electron chi connectivity index (χ3n) is 6.96. The summed E-state index contributed by atoms with van der Waals surface area (Å²) in [7, 11) is 0. The van der Waals surface area contributed by atoms with Gasteiger partial charge in [0.05, 0.1) is 23.1 Å². The van der Waals surface area contributed by atoms with E-state index >= 15 is 0 Å². The average Bonchev–Trinajstić information content (AvgIpc) is 3.51. The summed E-state index contributed by atoms with van der Waals surface area (Å²) in [5.74, 6) is 1.17. The molecule has 0 bridgehead atoms. The molecule has 1 saturated heterocycles. The molecule has 2 aromatic heterocycles. The summed E-state index contributed by atoms with van der Waals surface area (Å²) in [5, 5.41) is 5.04. The number of nitrogens with zero attached hydrogens (tertiary/aromatic N) is 5. The summed E-state index contributed by atoms with van der Waals surface area (Å²) >= 11 is 0. The molecule has 0 atom stereocenters. The number of carbonyl (C=O) groups is 1. The number of hydrogen-bond donors (Lipinski definition) is 1. The van der Waals surface area contributed by atoms with Crippen molar-refractivity contribution < 1.29 is 9.53 Å². The number of anilines is 1. The van der Waals surface area contributed by atoms with Gasteiger partial charge in [0.15, 0.2) is 0 Å². The van der Waals surface area contributed by atoms with Crippen LogP contribution in [0.3, 0.4) is 0 Å². The van der Waals surface area contributed by atoms with Crippen LogP contribution in [0.5, 0.6) is 0 Å². The summed E-state index contributed by atoms with van der Waals surface area (Å²) < 4.78 is 7.73. The van der Waals surface area contributed by atoms with Crippen LogP contribution in [0.2, 0.25) is 0 Å². The number of ether oxygens (including phenoxy) is 1. The van der Waals surface area contributed by atoms with Crippen molar-refractivity contribution in [3.63, 3.8) is 0 Å². The number of amides is 1. The van der Waals surface area contributed by atoms with Crippen LogP contribution >= 0.6 is 0 Å². The normalized spacial score (nSPS) is 23.4. The lowest BCUT2D eigenvalue weighted by molar-refractivity contribution is 0.0240. The maximum atomic E-state index is 12.5. The van der Waals surface area contributed by atoms with Crippen LogP contribution in [0.4, 0.5) is 10.5 Å². The second-order valence-electron chi connectivity index (χ2n) is 10.7. The Hall–Kier alpha value is -2.61. The highest BCUT2D eigenvalue weighted by Crippen LogP contribution is 2.46. The molecule has 0 aromatic carbocycles. The molecule has 1 aliphatic heterocycles. The molecular formula is C25H36N6O2. The first-order chi connectivity index (χ1) is 15.8. The fourth-order valence-electron chi connectivity index (χ4n) is 4.86. The first kappa shape index (κ1) is 22.2. The molecule has 0 spiro atoms. The molecule has 0 unspecified atom stereocenters. The first-order valence-corrected chi connectivity index (χ1v) is 12.3. The van der Waals surface area contributed by atoms with Gasteiger partial charge in [0.1, 0.15) is 5.60 Å². The lowest BCUT2D eigenvalue weighted by Crippen LogP contribution is -2.50. The number of nitrogens with two attached hydrogens (primary N) is 1. The molecule has 2 N–H and O–H groups in total. The van der Waals surface area contributed by atoms with E-state index in [0.29, 0.717) is 31.0 Å². The smallest absolute Gasteiger partial charge is 0.410 e. The molecule has 8 nitrogen and oxygen atoms in total. The quantitative estimate of drug-likeness (QED) is 0.742. The summed E-state index contributed by atoms with van der Waals surface area (Å²) in [6.45, 7) is 9.26. The maximum Gasteiger partial charge on any atom is 0.410 e. The Kier molecular flexibility index (Phi) is 5.80. The van der Waals surface area contributed by atoms with E-state index < -0.39 is 5.60 Å². The Balaban J connectivity index is 1.35. The Labute approximate surface area is 196 Å². The molecule has 0 radical (unpaired) electrons. The second-order valence-corrected chi connectivity index (χ2v) is 10.7. The Morgan fingerprint density at radius 3 is 2.55 bits per heavy atom. The van der Waals surface area contributed by atoms with Crippen molar-refractivity contribution in [2.45, 2.75) is 64.0 Å². The van der Waals surface area contributed by atoms with Gasteiger partial charge < -0.3 is 20.3 Å². The molecule has 3 aliphatic rings. The van der Waals surface area contributed by atoms with Crippen LogP contribution in [0.15, 0.2) is 24.5 Å². The van der Waals surface area contributed by atoms with Gasteiger partial charge in [0, 0.05) is 50.1 Å². The molecule has 2 aromatic rings. The van der Waals surface area contributed by atoms with Gasteiger partial charge in [-0.25, -0.2) is 4.79 Å². The van der Waals surface area contributed by atoms with Crippen LogP contribution in [-0.2, 0) is 4.74 Å². The highest BCUT2D eigenvalue weighted by molar-refractivity contribution is 5.77. The molecule has 8 heteroatoms. The van der Waals surface area contributed by atoms with Gasteiger partial charge in [-0.15, -0.1) is 0 Å². The van der Waals surface area contributed by atoms with E-state index in [1.54, 1.807) is 4.90 Å². The van der Waals surface area contributed by atoms with Crippen molar-refractivity contribution in [3.8, 4) is 11.3 Å². The average molecular weight is 453 g/mol. The van der Waals surface area contributed by atoms with Crippen LogP contribution < -0.4 is 10.6 Å². The minimum absolute atomic E-state index is 0.234. The highest BCUT2D eigenvalue weighted by atomic mass is 16.6. The van der Waals surface area contributed by atoms with Gasteiger partial charge in [-0.05, 0) is 71.0 Å². The predicted octanol–water partition coefficient (Wildman–Crippen LogP) is 3.79. The highest BCUT2D eigenvalue weighted by Gasteiger charge is 2.35. The summed E-state index contributed by atoms with van der Waals surface area (Å²) in [4.78, 5) is 21.4. The number of aromatic nitrogens is 3. The third-order valence-corrected chi connectivity index (χ3v) is 6.96. The Bertz CT molecular complexity index is 995. The molecular weight excluding hydrogens is 416 g/mol. The van der Waals surface area contributed by atoms with E-state index in [1.807, 2.05) is 33.0 Å². The molecule has 3 heterocycles. The van der Waals surface area contributed by atoms with Gasteiger partial charge in [-0.2, -0.15) is 5.10 Å². The van der Waals surface area contributed by atoms with Crippen molar-refractivity contribution in [2.75, 3.05) is 37.6 Å². The van der Waals surface area contributed by atoms with Crippen molar-refractivity contribution in [1.29, 1.82) is 0 Å². The Morgan fingerprint density at radius 1 is 1.18 bits per heavy atom. The van der Waals surface area contributed by atoms with Gasteiger partial charge in [-0.1, -0.05) is 0 Å². The fourth-order valence-corrected chi connectivity index (χ4v) is 4.86. The van der Waals surface area contributed by atoms with Crippen molar-refractivity contribution in [3.05, 3.63) is 30.2 Å². The molecule has 2 aliphatic carbocycles. The van der Waals surface area contributed by atoms with Crippen molar-refractivity contribution >= 4 is 11.8 Å². The van der Waals surface area contributed by atoms with E-state index in [-0.39, 0.29) is 6.09 Å². The van der Waals surface area contributed by atoms with E-state index in [2.05, 4.69) is 21.8 Å². The number of carbonyl (C=O) groups excluding carboxylic acids is 1. The van der Waals surface area contributed by atoms with Crippen molar-refractivity contribution in [1.82, 2.24) is 19.7 Å². The lowest BCUT2D eigenvalue weighted by atomic mass is 9.80. The largest absolute Gasteiger partial charge is 0.444 e. The zero-order valence-electron chi connectivity index (χ0n) is 20.0.